The van der Waals surface area contributed by atoms with Crippen LogP contribution in [0.3, 0.4) is 0 Å². The fraction of sp³-hybridized carbons (Fsp3) is 0.250. The summed E-state index contributed by atoms with van der Waals surface area (Å²) in [6.45, 7) is 2.90. The third-order valence-electron chi connectivity index (χ3n) is 4.51. The lowest BCUT2D eigenvalue weighted by molar-refractivity contribution is 0.303. The molecule has 0 radical (unpaired) electrons. The molecule has 3 heterocycles. The van der Waals surface area contributed by atoms with E-state index in [0.717, 1.165) is 29.7 Å². The van der Waals surface area contributed by atoms with E-state index >= 15 is 0 Å². The molecular weight excluding hydrogens is 328 g/mol. The number of pyridine rings is 1. The molecule has 4 rings (SSSR count). The zero-order valence-electron chi connectivity index (χ0n) is 14.5. The van der Waals surface area contributed by atoms with Crippen LogP contribution in [0.15, 0.2) is 35.3 Å². The highest BCUT2D eigenvalue weighted by atomic mass is 16.5. The number of hydrogen-bond acceptors (Lipinski definition) is 5. The van der Waals surface area contributed by atoms with Crippen LogP contribution in [0.5, 0.6) is 5.75 Å². The van der Waals surface area contributed by atoms with Gasteiger partial charge in [0.05, 0.1) is 12.0 Å². The van der Waals surface area contributed by atoms with Crippen LogP contribution < -0.4 is 15.6 Å². The first-order valence-corrected chi connectivity index (χ1v) is 8.54. The van der Waals surface area contributed by atoms with E-state index in [1.165, 1.54) is 0 Å². The summed E-state index contributed by atoms with van der Waals surface area (Å²) in [6, 6.07) is 7.64. The van der Waals surface area contributed by atoms with Crippen molar-refractivity contribution in [3.05, 3.63) is 51.9 Å². The van der Waals surface area contributed by atoms with Gasteiger partial charge in [-0.25, -0.2) is 4.98 Å². The molecule has 2 aromatic heterocycles. The Kier molecular flexibility index (Phi) is 4.05. The molecule has 130 valence electrons. The summed E-state index contributed by atoms with van der Waals surface area (Å²) in [5.74, 6) is 3.82. The van der Waals surface area contributed by atoms with Crippen molar-refractivity contribution in [1.29, 1.82) is 0 Å². The number of aryl methyl sites for hydroxylation is 1. The van der Waals surface area contributed by atoms with Crippen LogP contribution in [-0.4, -0.2) is 21.1 Å². The minimum atomic E-state index is -0.105. The number of benzene rings is 1. The Morgan fingerprint density at radius 1 is 1.35 bits per heavy atom. The summed E-state index contributed by atoms with van der Waals surface area (Å²) in [4.78, 5) is 21.8. The Morgan fingerprint density at radius 2 is 2.23 bits per heavy atom. The molecule has 1 aliphatic heterocycles. The smallest absolute Gasteiger partial charge is 0.256 e. The Hall–Kier alpha value is -3.33. The predicted molar refractivity (Wildman–Crippen MR) is 101 cm³/mol. The maximum atomic E-state index is 12.8. The van der Waals surface area contributed by atoms with E-state index in [1.54, 1.807) is 17.7 Å². The molecule has 1 aromatic carbocycles. The fourth-order valence-corrected chi connectivity index (χ4v) is 3.17. The molecule has 4 bridgehead atoms. The van der Waals surface area contributed by atoms with Crippen LogP contribution in [0.2, 0.25) is 0 Å². The van der Waals surface area contributed by atoms with Crippen molar-refractivity contribution in [3.63, 3.8) is 0 Å². The van der Waals surface area contributed by atoms with Gasteiger partial charge in [0.25, 0.3) is 5.56 Å². The van der Waals surface area contributed by atoms with Crippen molar-refractivity contribution in [1.82, 2.24) is 14.5 Å². The molecule has 0 aliphatic carbocycles. The quantitative estimate of drug-likeness (QED) is 0.634. The number of ether oxygens (including phenoxy) is 1. The minimum Gasteiger partial charge on any atom is -0.494 e. The molecule has 6 heteroatoms. The van der Waals surface area contributed by atoms with E-state index < -0.39 is 0 Å². The number of nitrogens with one attached hydrogen (secondary N) is 1. The van der Waals surface area contributed by atoms with Crippen molar-refractivity contribution >= 4 is 22.7 Å². The summed E-state index contributed by atoms with van der Waals surface area (Å²) in [5.41, 5.74) is 2.38. The zero-order chi connectivity index (χ0) is 18.1. The maximum absolute atomic E-state index is 12.8. The van der Waals surface area contributed by atoms with E-state index in [2.05, 4.69) is 21.2 Å². The van der Waals surface area contributed by atoms with Crippen LogP contribution in [0.1, 0.15) is 24.0 Å². The largest absolute Gasteiger partial charge is 0.494 e. The first kappa shape index (κ1) is 16.2. The number of anilines is 2. The average molecular weight is 346 g/mol. The normalized spacial score (nSPS) is 13.7. The highest BCUT2D eigenvalue weighted by Gasteiger charge is 2.15. The number of terminal acetylenes is 1. The average Bonchev–Trinajstić information content (AvgIpc) is 2.65. The van der Waals surface area contributed by atoms with Gasteiger partial charge in [-0.2, -0.15) is 4.98 Å². The van der Waals surface area contributed by atoms with Gasteiger partial charge >= 0.3 is 0 Å². The van der Waals surface area contributed by atoms with E-state index in [1.807, 2.05) is 24.3 Å². The first-order chi connectivity index (χ1) is 12.7. The molecule has 6 nitrogen and oxygen atoms in total. The molecule has 0 saturated heterocycles. The van der Waals surface area contributed by atoms with Gasteiger partial charge in [-0.3, -0.25) is 9.36 Å². The number of fused-ring (bicyclic) bond motifs is 3. The molecule has 26 heavy (non-hydrogen) atoms. The Bertz CT molecular complexity index is 1100. The lowest BCUT2D eigenvalue weighted by atomic mass is 10.1. The van der Waals surface area contributed by atoms with E-state index in [0.29, 0.717) is 35.9 Å². The lowest BCUT2D eigenvalue weighted by Gasteiger charge is -2.13. The number of nitrogens with zero attached hydrogens (tertiary/aromatic N) is 3. The fourth-order valence-electron chi connectivity index (χ4n) is 3.17. The van der Waals surface area contributed by atoms with Gasteiger partial charge < -0.3 is 10.1 Å². The summed E-state index contributed by atoms with van der Waals surface area (Å²) >= 11 is 0. The van der Waals surface area contributed by atoms with Crippen LogP contribution in [0, 0.1) is 19.3 Å². The zero-order valence-corrected chi connectivity index (χ0v) is 14.5. The van der Waals surface area contributed by atoms with Gasteiger partial charge in [0, 0.05) is 35.6 Å². The van der Waals surface area contributed by atoms with E-state index in [-0.39, 0.29) is 5.56 Å². The second-order valence-corrected chi connectivity index (χ2v) is 6.24. The van der Waals surface area contributed by atoms with Crippen LogP contribution in [0.25, 0.3) is 11.0 Å². The second-order valence-electron chi connectivity index (χ2n) is 6.24. The summed E-state index contributed by atoms with van der Waals surface area (Å²) < 4.78 is 7.47. The van der Waals surface area contributed by atoms with Crippen LogP contribution in [-0.2, 0) is 6.54 Å². The van der Waals surface area contributed by atoms with Crippen molar-refractivity contribution in [2.45, 2.75) is 26.3 Å². The van der Waals surface area contributed by atoms with Crippen LogP contribution >= 0.6 is 0 Å². The number of hydrogen-bond donors (Lipinski definition) is 1. The maximum Gasteiger partial charge on any atom is 0.256 e. The van der Waals surface area contributed by atoms with E-state index in [4.69, 9.17) is 11.2 Å². The van der Waals surface area contributed by atoms with Gasteiger partial charge in [-0.1, -0.05) is 12.0 Å². The SMILES string of the molecule is C#Cc1c(C)c(=O)n2c3nc(ncc13)Nc1cccc(c1)OCCCC2. The molecule has 0 unspecified atom stereocenters. The molecule has 1 N–H and O–H groups in total. The second kappa shape index (κ2) is 6.52. The van der Waals surface area contributed by atoms with Crippen molar-refractivity contribution in [3.8, 4) is 18.1 Å². The number of aromatic nitrogens is 3. The molecule has 0 fully saturated rings. The third kappa shape index (κ3) is 2.78. The molecule has 0 saturated carbocycles. The van der Waals surface area contributed by atoms with Crippen LogP contribution in [0.4, 0.5) is 11.6 Å². The van der Waals surface area contributed by atoms with Crippen molar-refractivity contribution in [2.75, 3.05) is 11.9 Å². The van der Waals surface area contributed by atoms with Gasteiger partial charge in [0.2, 0.25) is 5.95 Å². The lowest BCUT2D eigenvalue weighted by Crippen LogP contribution is -2.25. The Labute approximate surface area is 150 Å². The Morgan fingerprint density at radius 3 is 3.08 bits per heavy atom. The minimum absolute atomic E-state index is 0.105. The molecule has 0 spiro atoms. The van der Waals surface area contributed by atoms with Crippen molar-refractivity contribution < 1.29 is 4.74 Å². The topological polar surface area (TPSA) is 69.0 Å². The molecule has 1 aliphatic rings. The summed E-state index contributed by atoms with van der Waals surface area (Å²) in [7, 11) is 0. The molecular formula is C20H18N4O2. The molecule has 3 aromatic rings. The highest BCUT2D eigenvalue weighted by molar-refractivity contribution is 5.84. The standard InChI is InChI=1S/C20H18N4O2/c1-3-16-13(2)19(25)24-9-4-5-10-26-15-8-6-7-14(11-15)22-20-21-12-17(16)18(24)23-20/h1,6-8,11-12H,4-5,9-10H2,2H3,(H,21,22,23). The monoisotopic (exact) mass is 346 g/mol. The van der Waals surface area contributed by atoms with Gasteiger partial charge in [-0.15, -0.1) is 6.42 Å². The summed E-state index contributed by atoms with van der Waals surface area (Å²) in [6.07, 6.45) is 8.96. The van der Waals surface area contributed by atoms with Gasteiger partial charge in [0.15, 0.2) is 0 Å². The highest BCUT2D eigenvalue weighted by Crippen LogP contribution is 2.23. The van der Waals surface area contributed by atoms with Crippen molar-refractivity contribution in [2.24, 2.45) is 0 Å². The third-order valence-corrected chi connectivity index (χ3v) is 4.51. The molecule has 0 atom stereocenters. The van der Waals surface area contributed by atoms with Gasteiger partial charge in [-0.05, 0) is 31.9 Å². The molecule has 0 amide bonds. The first-order valence-electron chi connectivity index (χ1n) is 8.54. The number of rotatable bonds is 0. The summed E-state index contributed by atoms with van der Waals surface area (Å²) in [5, 5.41) is 3.89. The van der Waals surface area contributed by atoms with Gasteiger partial charge in [0.1, 0.15) is 11.4 Å². The Balaban J connectivity index is 1.94. The predicted octanol–water partition coefficient (Wildman–Crippen LogP) is 3.00. The van der Waals surface area contributed by atoms with E-state index in [9.17, 15) is 4.79 Å².